The van der Waals surface area contributed by atoms with E-state index in [1.807, 2.05) is 34.7 Å². The van der Waals surface area contributed by atoms with E-state index in [-0.39, 0.29) is 4.05 Å². The summed E-state index contributed by atoms with van der Waals surface area (Å²) in [7, 11) is -3.40. The molecule has 5 nitrogen and oxygen atoms in total. The van der Waals surface area contributed by atoms with Gasteiger partial charge in [-0.15, -0.1) is 0 Å². The van der Waals surface area contributed by atoms with E-state index in [9.17, 15) is 8.42 Å². The second kappa shape index (κ2) is 4.14. The van der Waals surface area contributed by atoms with Gasteiger partial charge in [-0.1, -0.05) is 22.6 Å². The third-order valence-corrected chi connectivity index (χ3v) is 5.92. The molecular formula is C5H9I2N3O2S. The van der Waals surface area contributed by atoms with Gasteiger partial charge in [-0.05, 0) is 6.92 Å². The van der Waals surface area contributed by atoms with Gasteiger partial charge in [-0.3, -0.25) is 0 Å². The van der Waals surface area contributed by atoms with Gasteiger partial charge >= 0.3 is 0 Å². The number of amidine groups is 1. The Morgan fingerprint density at radius 3 is 2.54 bits per heavy atom. The molecule has 2 unspecified atom stereocenters. The van der Waals surface area contributed by atoms with Crippen molar-refractivity contribution in [1.82, 2.24) is 4.90 Å². The standard InChI is InChI=1S/C5H9I2N3O2S/c1-3(9-7)10-2-4(5(10)6)13(8,11)12/h4-5H,2H2,1H3,(H2,8,11,12). The maximum atomic E-state index is 11.0. The number of sulfonamides is 1. The van der Waals surface area contributed by atoms with E-state index in [1.54, 1.807) is 0 Å². The summed E-state index contributed by atoms with van der Waals surface area (Å²) in [5, 5.41) is 4.58. The maximum Gasteiger partial charge on any atom is 0.216 e. The lowest BCUT2D eigenvalue weighted by atomic mass is 10.2. The van der Waals surface area contributed by atoms with Crippen molar-refractivity contribution in [3.05, 3.63) is 0 Å². The van der Waals surface area contributed by atoms with Crippen LogP contribution in [0.5, 0.6) is 0 Å². The SMILES string of the molecule is CC(=NI)N1CC(S(N)(=O)=O)C1I. The summed E-state index contributed by atoms with van der Waals surface area (Å²) < 4.78 is 25.8. The Bertz CT molecular complexity index is 329. The summed E-state index contributed by atoms with van der Waals surface area (Å²) in [5.41, 5.74) is 0. The highest BCUT2D eigenvalue weighted by Gasteiger charge is 2.44. The largest absolute Gasteiger partial charge is 0.345 e. The molecule has 0 radical (unpaired) electrons. The van der Waals surface area contributed by atoms with Crippen LogP contribution in [-0.2, 0) is 10.0 Å². The Labute approximate surface area is 105 Å². The average molecular weight is 429 g/mol. The zero-order valence-corrected chi connectivity index (χ0v) is 11.9. The molecule has 1 fully saturated rings. The summed E-state index contributed by atoms with van der Waals surface area (Å²) in [6.45, 7) is 2.29. The minimum atomic E-state index is -3.40. The lowest BCUT2D eigenvalue weighted by Gasteiger charge is -2.44. The molecule has 0 bridgehead atoms. The molecule has 1 rings (SSSR count). The molecule has 2 atom stereocenters. The summed E-state index contributed by atoms with van der Waals surface area (Å²) >= 11 is 3.95. The fraction of sp³-hybridized carbons (Fsp3) is 0.800. The lowest BCUT2D eigenvalue weighted by Crippen LogP contribution is -2.62. The monoisotopic (exact) mass is 429 g/mol. The van der Waals surface area contributed by atoms with E-state index in [0.717, 1.165) is 5.84 Å². The van der Waals surface area contributed by atoms with Crippen molar-refractivity contribution in [2.75, 3.05) is 6.54 Å². The van der Waals surface area contributed by atoms with E-state index in [0.29, 0.717) is 6.54 Å². The highest BCUT2D eigenvalue weighted by molar-refractivity contribution is 14.1. The van der Waals surface area contributed by atoms with E-state index in [2.05, 4.69) is 25.8 Å². The van der Waals surface area contributed by atoms with Gasteiger partial charge in [0.1, 0.15) is 15.1 Å². The van der Waals surface area contributed by atoms with Crippen LogP contribution in [-0.4, -0.2) is 35.0 Å². The number of alkyl halides is 1. The van der Waals surface area contributed by atoms with Crippen molar-refractivity contribution < 1.29 is 8.42 Å². The van der Waals surface area contributed by atoms with Crippen LogP contribution < -0.4 is 5.14 Å². The first kappa shape index (κ1) is 11.9. The number of nitrogens with two attached hydrogens (primary N) is 1. The highest BCUT2D eigenvalue weighted by Crippen LogP contribution is 2.29. The molecule has 2 N–H and O–H groups in total. The molecule has 0 spiro atoms. The fourth-order valence-electron chi connectivity index (χ4n) is 1.06. The van der Waals surface area contributed by atoms with Crippen molar-refractivity contribution in [2.24, 2.45) is 8.34 Å². The van der Waals surface area contributed by atoms with Crippen molar-refractivity contribution in [1.29, 1.82) is 0 Å². The molecule has 1 saturated heterocycles. The third-order valence-electron chi connectivity index (χ3n) is 1.94. The minimum absolute atomic E-state index is 0.0916. The lowest BCUT2D eigenvalue weighted by molar-refractivity contribution is 0.283. The fourth-order valence-corrected chi connectivity index (χ4v) is 4.25. The molecule has 76 valence electrons. The molecule has 0 aromatic rings. The molecule has 13 heavy (non-hydrogen) atoms. The topological polar surface area (TPSA) is 75.8 Å². The Morgan fingerprint density at radius 1 is 1.69 bits per heavy atom. The predicted molar refractivity (Wildman–Crippen MR) is 68.5 cm³/mol. The van der Waals surface area contributed by atoms with Gasteiger partial charge in [0.2, 0.25) is 10.0 Å². The number of rotatable bonds is 1. The Kier molecular flexibility index (Phi) is 3.80. The van der Waals surface area contributed by atoms with Crippen LogP contribution in [0.3, 0.4) is 0 Å². The normalized spacial score (nSPS) is 30.2. The molecule has 1 aliphatic rings. The number of halogens is 2. The number of nitrogens with zero attached hydrogens (tertiary/aromatic N) is 2. The molecule has 1 heterocycles. The first-order valence-electron chi connectivity index (χ1n) is 3.46. The van der Waals surface area contributed by atoms with E-state index >= 15 is 0 Å². The second-order valence-electron chi connectivity index (χ2n) is 2.78. The van der Waals surface area contributed by atoms with Crippen LogP contribution in [0.1, 0.15) is 6.92 Å². The number of hydrogen-bond donors (Lipinski definition) is 1. The molecule has 0 aromatic heterocycles. The van der Waals surface area contributed by atoms with Gasteiger partial charge in [0.15, 0.2) is 0 Å². The van der Waals surface area contributed by atoms with Gasteiger partial charge in [0, 0.05) is 6.54 Å². The van der Waals surface area contributed by atoms with Crippen LogP contribution >= 0.6 is 45.5 Å². The molecule has 0 amide bonds. The summed E-state index contributed by atoms with van der Waals surface area (Å²) in [5.74, 6) is 0.833. The zero-order valence-electron chi connectivity index (χ0n) is 6.81. The van der Waals surface area contributed by atoms with Gasteiger partial charge in [0.25, 0.3) is 0 Å². The molecule has 8 heteroatoms. The van der Waals surface area contributed by atoms with Crippen LogP contribution in [0.15, 0.2) is 3.21 Å². The van der Waals surface area contributed by atoms with Crippen molar-refractivity contribution >= 4 is 61.3 Å². The third kappa shape index (κ3) is 2.45. The molecule has 0 aromatic carbocycles. The maximum absolute atomic E-state index is 11.0. The van der Waals surface area contributed by atoms with E-state index < -0.39 is 15.3 Å². The molecular weight excluding hydrogens is 420 g/mol. The Hall–Kier alpha value is 0.840. The molecule has 0 saturated carbocycles. The quantitative estimate of drug-likeness (QED) is 0.217. The van der Waals surface area contributed by atoms with Crippen LogP contribution in [0.25, 0.3) is 0 Å². The second-order valence-corrected chi connectivity index (χ2v) is 6.33. The first-order valence-corrected chi connectivity index (χ1v) is 7.28. The van der Waals surface area contributed by atoms with E-state index in [1.165, 1.54) is 0 Å². The first-order chi connectivity index (χ1) is 5.88. The van der Waals surface area contributed by atoms with Gasteiger partial charge in [0.05, 0.1) is 22.9 Å². The van der Waals surface area contributed by atoms with Gasteiger partial charge in [-0.2, -0.15) is 0 Å². The van der Waals surface area contributed by atoms with Crippen LogP contribution in [0, 0.1) is 0 Å². The van der Waals surface area contributed by atoms with E-state index in [4.69, 9.17) is 5.14 Å². The highest BCUT2D eigenvalue weighted by atomic mass is 127. The van der Waals surface area contributed by atoms with Crippen molar-refractivity contribution in [3.8, 4) is 0 Å². The average Bonchev–Trinajstić information content (AvgIpc) is 1.98. The summed E-state index contributed by atoms with van der Waals surface area (Å²) in [4.78, 5) is 1.90. The van der Waals surface area contributed by atoms with Crippen molar-refractivity contribution in [3.63, 3.8) is 0 Å². The minimum Gasteiger partial charge on any atom is -0.345 e. The Balaban J connectivity index is 2.69. The molecule has 1 aliphatic heterocycles. The van der Waals surface area contributed by atoms with Gasteiger partial charge in [-0.25, -0.2) is 16.8 Å². The van der Waals surface area contributed by atoms with Crippen LogP contribution in [0.2, 0.25) is 0 Å². The predicted octanol–water partition coefficient (Wildman–Crippen LogP) is 0.489. The van der Waals surface area contributed by atoms with Gasteiger partial charge < -0.3 is 4.90 Å². The smallest absolute Gasteiger partial charge is 0.216 e. The number of likely N-dealkylation sites (tertiary alicyclic amines) is 1. The summed E-state index contributed by atoms with van der Waals surface area (Å²) in [6, 6.07) is 0. The van der Waals surface area contributed by atoms with Crippen LogP contribution in [0.4, 0.5) is 0 Å². The van der Waals surface area contributed by atoms with Crippen molar-refractivity contribution in [2.45, 2.75) is 16.2 Å². The Morgan fingerprint density at radius 2 is 2.23 bits per heavy atom. The number of hydrogen-bond acceptors (Lipinski definition) is 3. The zero-order chi connectivity index (χ0) is 10.2. The number of primary sulfonamides is 1. The molecule has 0 aliphatic carbocycles. The summed E-state index contributed by atoms with van der Waals surface area (Å²) in [6.07, 6.45) is 0.